The first-order chi connectivity index (χ1) is 5.81. The van der Waals surface area contributed by atoms with Gasteiger partial charge in [0.05, 0.1) is 19.3 Å². The number of hydrogen-bond donors (Lipinski definition) is 1. The molecule has 2 aliphatic heterocycles. The zero-order valence-electron chi connectivity index (χ0n) is 7.03. The molecule has 0 saturated carbocycles. The predicted octanol–water partition coefficient (Wildman–Crippen LogP) is 0.831. The first kappa shape index (κ1) is 8.23. The molecular weight excluding hydrogens is 156 g/mol. The minimum Gasteiger partial charge on any atom is -0.387 e. The molecule has 68 valence electrons. The van der Waals surface area contributed by atoms with Gasteiger partial charge in [-0.3, -0.25) is 0 Å². The lowest BCUT2D eigenvalue weighted by Crippen LogP contribution is -2.42. The van der Waals surface area contributed by atoms with Crippen molar-refractivity contribution in [3.8, 4) is 0 Å². The molecule has 0 aromatic heterocycles. The average Bonchev–Trinajstić information content (AvgIpc) is 2.13. The fraction of sp³-hybridized carbons (Fsp3) is 0.778. The van der Waals surface area contributed by atoms with Crippen molar-refractivity contribution in [2.75, 3.05) is 13.2 Å². The van der Waals surface area contributed by atoms with Gasteiger partial charge in [-0.1, -0.05) is 6.08 Å². The van der Waals surface area contributed by atoms with Crippen LogP contribution in [0.2, 0.25) is 0 Å². The zero-order chi connectivity index (χ0) is 8.44. The van der Waals surface area contributed by atoms with E-state index in [1.807, 2.05) is 6.08 Å². The third-order valence-electron chi connectivity index (χ3n) is 2.34. The summed E-state index contributed by atoms with van der Waals surface area (Å²) >= 11 is 0. The highest BCUT2D eigenvalue weighted by molar-refractivity contribution is 5.04. The molecule has 2 unspecified atom stereocenters. The first-order valence-corrected chi connectivity index (χ1v) is 4.46. The molecule has 0 aliphatic carbocycles. The van der Waals surface area contributed by atoms with E-state index in [2.05, 4.69) is 0 Å². The fourth-order valence-corrected chi connectivity index (χ4v) is 1.62. The Hall–Kier alpha value is -0.380. The minimum absolute atomic E-state index is 0.358. The number of ether oxygens (including phenoxy) is 2. The smallest absolute Gasteiger partial charge is 0.187 e. The largest absolute Gasteiger partial charge is 0.387 e. The van der Waals surface area contributed by atoms with E-state index >= 15 is 0 Å². The lowest BCUT2D eigenvalue weighted by molar-refractivity contribution is -0.236. The molecule has 1 fully saturated rings. The van der Waals surface area contributed by atoms with Crippen molar-refractivity contribution in [1.82, 2.24) is 0 Å². The van der Waals surface area contributed by atoms with Gasteiger partial charge in [0.2, 0.25) is 0 Å². The molecule has 1 spiro atoms. The molecule has 3 heteroatoms. The molecular formula is C9H14O3. The molecule has 0 bridgehead atoms. The highest BCUT2D eigenvalue weighted by Gasteiger charge is 2.34. The van der Waals surface area contributed by atoms with Crippen LogP contribution in [0.25, 0.3) is 0 Å². The lowest BCUT2D eigenvalue weighted by atomic mass is 10.0. The van der Waals surface area contributed by atoms with Gasteiger partial charge in [-0.25, -0.2) is 0 Å². The Balaban J connectivity index is 2.05. The minimum atomic E-state index is -0.502. The maximum atomic E-state index is 9.16. The molecule has 2 aliphatic rings. The van der Waals surface area contributed by atoms with Gasteiger partial charge < -0.3 is 14.6 Å². The Labute approximate surface area is 72.0 Å². The van der Waals surface area contributed by atoms with Crippen molar-refractivity contribution in [3.63, 3.8) is 0 Å². The van der Waals surface area contributed by atoms with Crippen molar-refractivity contribution in [1.29, 1.82) is 0 Å². The normalized spacial score (nSPS) is 41.9. The summed E-state index contributed by atoms with van der Waals surface area (Å²) in [6, 6.07) is 0. The molecule has 2 rings (SSSR count). The number of aliphatic hydroxyl groups is 1. The highest BCUT2D eigenvalue weighted by atomic mass is 16.7. The highest BCUT2D eigenvalue weighted by Crippen LogP contribution is 2.30. The Bertz CT molecular complexity index is 182. The third-order valence-corrected chi connectivity index (χ3v) is 2.34. The van der Waals surface area contributed by atoms with E-state index in [0.29, 0.717) is 6.61 Å². The van der Waals surface area contributed by atoms with E-state index in [-0.39, 0.29) is 0 Å². The second-order valence-corrected chi connectivity index (χ2v) is 3.35. The zero-order valence-corrected chi connectivity index (χ0v) is 7.03. The maximum Gasteiger partial charge on any atom is 0.187 e. The molecule has 0 amide bonds. The summed E-state index contributed by atoms with van der Waals surface area (Å²) in [4.78, 5) is 0. The summed E-state index contributed by atoms with van der Waals surface area (Å²) in [5.74, 6) is -0.502. The molecule has 0 aromatic rings. The van der Waals surface area contributed by atoms with Crippen molar-refractivity contribution in [3.05, 3.63) is 12.2 Å². The molecule has 3 nitrogen and oxygen atoms in total. The third kappa shape index (κ3) is 1.53. The van der Waals surface area contributed by atoms with Crippen molar-refractivity contribution >= 4 is 0 Å². The van der Waals surface area contributed by atoms with Gasteiger partial charge in [-0.15, -0.1) is 0 Å². The van der Waals surface area contributed by atoms with E-state index in [9.17, 15) is 0 Å². The molecule has 1 saturated heterocycles. The Morgan fingerprint density at radius 3 is 2.83 bits per heavy atom. The summed E-state index contributed by atoms with van der Waals surface area (Å²) in [7, 11) is 0. The molecule has 2 heterocycles. The number of hydrogen-bond acceptors (Lipinski definition) is 3. The van der Waals surface area contributed by atoms with Gasteiger partial charge in [-0.05, 0) is 18.9 Å². The van der Waals surface area contributed by atoms with Crippen molar-refractivity contribution < 1.29 is 14.6 Å². The standard InChI is InChI=1S/C9H14O3/c10-8-3-5-9(12-7-8)4-1-2-6-11-9/h3,5,8,10H,1-2,4,6-7H2. The van der Waals surface area contributed by atoms with E-state index < -0.39 is 11.9 Å². The molecule has 1 N–H and O–H groups in total. The Kier molecular flexibility index (Phi) is 2.17. The maximum absolute atomic E-state index is 9.16. The lowest BCUT2D eigenvalue weighted by Gasteiger charge is -2.37. The molecule has 12 heavy (non-hydrogen) atoms. The monoisotopic (exact) mass is 170 g/mol. The Morgan fingerprint density at radius 1 is 1.33 bits per heavy atom. The summed E-state index contributed by atoms with van der Waals surface area (Å²) in [5.41, 5.74) is 0. The van der Waals surface area contributed by atoms with Gasteiger partial charge in [0.1, 0.15) is 0 Å². The van der Waals surface area contributed by atoms with Crippen LogP contribution in [0.5, 0.6) is 0 Å². The van der Waals surface area contributed by atoms with Gasteiger partial charge in [0.15, 0.2) is 5.79 Å². The van der Waals surface area contributed by atoms with Crippen LogP contribution in [0.4, 0.5) is 0 Å². The van der Waals surface area contributed by atoms with Crippen LogP contribution in [0.3, 0.4) is 0 Å². The van der Waals surface area contributed by atoms with Crippen LogP contribution in [-0.2, 0) is 9.47 Å². The van der Waals surface area contributed by atoms with Gasteiger partial charge in [0.25, 0.3) is 0 Å². The second-order valence-electron chi connectivity index (χ2n) is 3.35. The fourth-order valence-electron chi connectivity index (χ4n) is 1.62. The summed E-state index contributed by atoms with van der Waals surface area (Å²) < 4.78 is 11.0. The molecule has 0 radical (unpaired) electrons. The van der Waals surface area contributed by atoms with Crippen LogP contribution in [0.1, 0.15) is 19.3 Å². The summed E-state index contributed by atoms with van der Waals surface area (Å²) in [5, 5.41) is 9.16. The molecule has 0 aromatic carbocycles. The molecule has 2 atom stereocenters. The van der Waals surface area contributed by atoms with E-state index in [4.69, 9.17) is 14.6 Å². The van der Waals surface area contributed by atoms with Gasteiger partial charge in [-0.2, -0.15) is 0 Å². The first-order valence-electron chi connectivity index (χ1n) is 4.46. The topological polar surface area (TPSA) is 38.7 Å². The second kappa shape index (κ2) is 3.17. The van der Waals surface area contributed by atoms with Gasteiger partial charge in [0, 0.05) is 6.42 Å². The van der Waals surface area contributed by atoms with E-state index in [1.165, 1.54) is 0 Å². The number of rotatable bonds is 0. The van der Waals surface area contributed by atoms with Crippen LogP contribution in [0.15, 0.2) is 12.2 Å². The van der Waals surface area contributed by atoms with Crippen molar-refractivity contribution in [2.24, 2.45) is 0 Å². The van der Waals surface area contributed by atoms with Crippen molar-refractivity contribution in [2.45, 2.75) is 31.2 Å². The van der Waals surface area contributed by atoms with Crippen LogP contribution in [-0.4, -0.2) is 30.2 Å². The van der Waals surface area contributed by atoms with Gasteiger partial charge >= 0.3 is 0 Å². The van der Waals surface area contributed by atoms with Crippen LogP contribution >= 0.6 is 0 Å². The summed E-state index contributed by atoms with van der Waals surface area (Å²) in [6.07, 6.45) is 6.31. The average molecular weight is 170 g/mol. The SMILES string of the molecule is OC1C=CC2(CCCCO2)OC1. The predicted molar refractivity (Wildman–Crippen MR) is 43.6 cm³/mol. The van der Waals surface area contributed by atoms with E-state index in [1.54, 1.807) is 6.08 Å². The van der Waals surface area contributed by atoms with Crippen LogP contribution in [0, 0.1) is 0 Å². The quantitative estimate of drug-likeness (QED) is 0.547. The number of aliphatic hydroxyl groups excluding tert-OH is 1. The van der Waals surface area contributed by atoms with Crippen LogP contribution < -0.4 is 0 Å². The summed E-state index contributed by atoms with van der Waals surface area (Å²) in [6.45, 7) is 1.12. The Morgan fingerprint density at radius 2 is 2.25 bits per heavy atom. The van der Waals surface area contributed by atoms with E-state index in [0.717, 1.165) is 25.9 Å².